The number of benzene rings is 4. The van der Waals surface area contributed by atoms with Crippen LogP contribution in [-0.2, 0) is 16.6 Å². The van der Waals surface area contributed by atoms with Crippen LogP contribution in [0.2, 0.25) is 10.0 Å². The summed E-state index contributed by atoms with van der Waals surface area (Å²) in [4.78, 5) is 15.3. The zero-order valence-corrected chi connectivity index (χ0v) is 27.6. The van der Waals surface area contributed by atoms with Crippen LogP contribution in [0.4, 0.5) is 10.6 Å². The summed E-state index contributed by atoms with van der Waals surface area (Å²) in [6.45, 7) is 2.97. The molecule has 0 saturated carbocycles. The molecule has 12 heteroatoms. The quantitative estimate of drug-likeness (QED) is 0.179. The van der Waals surface area contributed by atoms with Gasteiger partial charge in [-0.05, 0) is 67.8 Å². The Hall–Kier alpha value is -4.25. The highest BCUT2D eigenvalue weighted by molar-refractivity contribution is 7.90. The number of carboxylic acid groups (broad SMARTS) is 1. The molecule has 1 N–H and O–H groups in total. The first-order valence-corrected chi connectivity index (χ1v) is 16.9. The topological polar surface area (TPSA) is 105 Å². The van der Waals surface area contributed by atoms with Crippen molar-refractivity contribution in [2.24, 2.45) is 0 Å². The standard InChI is InChI=1S/C34H32Cl2N4O5S/c1-22-7-13-26(14-8-22)46(43,44)40-32-20-31(36)28(27-5-3-4-6-30(27)35)19-29(32)33(37-40)39(21-23-9-11-25(45-2)12-10-23)24-15-17-38(18-16-24)34(41)42/h3-14,19-20,24H,15-18,21H2,1-2H3,(H,41,42). The Morgan fingerprint density at radius 3 is 2.26 bits per heavy atom. The van der Waals surface area contributed by atoms with Crippen LogP contribution in [0.1, 0.15) is 24.0 Å². The zero-order valence-electron chi connectivity index (χ0n) is 25.2. The molecule has 1 aromatic heterocycles. The van der Waals surface area contributed by atoms with Gasteiger partial charge in [-0.15, -0.1) is 5.10 Å². The second kappa shape index (κ2) is 12.9. The average molecular weight is 680 g/mol. The second-order valence-corrected chi connectivity index (χ2v) is 13.9. The summed E-state index contributed by atoms with van der Waals surface area (Å²) in [6, 6.07) is 24.9. The molecule has 46 heavy (non-hydrogen) atoms. The number of aromatic nitrogens is 2. The monoisotopic (exact) mass is 678 g/mol. The normalized spacial score (nSPS) is 14.0. The van der Waals surface area contributed by atoms with E-state index < -0.39 is 16.1 Å². The largest absolute Gasteiger partial charge is 0.497 e. The fourth-order valence-electron chi connectivity index (χ4n) is 5.86. The van der Waals surface area contributed by atoms with Crippen LogP contribution in [0, 0.1) is 6.92 Å². The Balaban J connectivity index is 1.57. The van der Waals surface area contributed by atoms with Crippen molar-refractivity contribution in [3.63, 3.8) is 0 Å². The van der Waals surface area contributed by atoms with Crippen LogP contribution >= 0.6 is 23.2 Å². The highest BCUT2D eigenvalue weighted by Gasteiger charge is 2.32. The van der Waals surface area contributed by atoms with Gasteiger partial charge in [-0.1, -0.05) is 71.2 Å². The number of piperidine rings is 1. The van der Waals surface area contributed by atoms with Gasteiger partial charge in [0.25, 0.3) is 10.0 Å². The minimum absolute atomic E-state index is 0.0943. The highest BCUT2D eigenvalue weighted by atomic mass is 35.5. The number of fused-ring (bicyclic) bond motifs is 1. The van der Waals surface area contributed by atoms with Crippen molar-refractivity contribution in [3.8, 4) is 16.9 Å². The van der Waals surface area contributed by atoms with E-state index in [1.807, 2.05) is 55.5 Å². The molecule has 0 bridgehead atoms. The van der Waals surface area contributed by atoms with E-state index in [9.17, 15) is 18.3 Å². The molecule has 5 aromatic rings. The number of amides is 1. The summed E-state index contributed by atoms with van der Waals surface area (Å²) in [6.07, 6.45) is 0.108. The third-order valence-electron chi connectivity index (χ3n) is 8.39. The third-order valence-corrected chi connectivity index (χ3v) is 10.6. The fourth-order valence-corrected chi connectivity index (χ4v) is 7.63. The van der Waals surface area contributed by atoms with Gasteiger partial charge in [-0.3, -0.25) is 0 Å². The fraction of sp³-hybridized carbons (Fsp3) is 0.235. The number of aryl methyl sites for hydroxylation is 1. The molecule has 0 atom stereocenters. The van der Waals surface area contributed by atoms with Gasteiger partial charge in [0, 0.05) is 47.2 Å². The zero-order chi connectivity index (χ0) is 32.6. The summed E-state index contributed by atoms with van der Waals surface area (Å²) in [7, 11) is -2.53. The van der Waals surface area contributed by atoms with Gasteiger partial charge in [0.15, 0.2) is 5.82 Å². The van der Waals surface area contributed by atoms with Crippen molar-refractivity contribution >= 4 is 56.0 Å². The number of rotatable bonds is 8. The first-order valence-electron chi connectivity index (χ1n) is 14.7. The molecular weight excluding hydrogens is 647 g/mol. The van der Waals surface area contributed by atoms with E-state index in [-0.39, 0.29) is 10.9 Å². The first-order chi connectivity index (χ1) is 22.1. The van der Waals surface area contributed by atoms with Crippen molar-refractivity contribution < 1.29 is 23.1 Å². The van der Waals surface area contributed by atoms with Gasteiger partial charge in [0.1, 0.15) is 5.75 Å². The van der Waals surface area contributed by atoms with Crippen LogP contribution in [0.25, 0.3) is 22.0 Å². The highest BCUT2D eigenvalue weighted by Crippen LogP contribution is 2.41. The third kappa shape index (κ3) is 6.12. The van der Waals surface area contributed by atoms with E-state index in [1.165, 1.54) is 4.90 Å². The minimum atomic E-state index is -4.14. The molecule has 1 aliphatic heterocycles. The number of ether oxygens (including phenoxy) is 1. The van der Waals surface area contributed by atoms with E-state index in [2.05, 4.69) is 4.90 Å². The number of anilines is 1. The molecular formula is C34H32Cl2N4O5S. The Kier molecular flexibility index (Phi) is 8.87. The molecule has 2 heterocycles. The lowest BCUT2D eigenvalue weighted by Crippen LogP contribution is -2.46. The van der Waals surface area contributed by atoms with Crippen LogP contribution in [-0.4, -0.2) is 59.9 Å². The molecule has 4 aromatic carbocycles. The molecule has 0 unspecified atom stereocenters. The van der Waals surface area contributed by atoms with Gasteiger partial charge in [0.2, 0.25) is 0 Å². The Morgan fingerprint density at radius 2 is 1.63 bits per heavy atom. The maximum Gasteiger partial charge on any atom is 0.407 e. The minimum Gasteiger partial charge on any atom is -0.497 e. The maximum atomic E-state index is 14.2. The first kappa shape index (κ1) is 31.7. The molecule has 238 valence electrons. The Morgan fingerprint density at radius 1 is 0.957 bits per heavy atom. The number of hydrogen-bond donors (Lipinski definition) is 1. The predicted octanol–water partition coefficient (Wildman–Crippen LogP) is 7.71. The molecule has 0 aliphatic carbocycles. The van der Waals surface area contributed by atoms with Crippen molar-refractivity contribution in [1.29, 1.82) is 0 Å². The number of carbonyl (C=O) groups is 1. The molecule has 9 nitrogen and oxygen atoms in total. The Bertz CT molecular complexity index is 2010. The maximum absolute atomic E-state index is 14.2. The lowest BCUT2D eigenvalue weighted by atomic mass is 10.0. The number of hydrogen-bond acceptors (Lipinski definition) is 6. The van der Waals surface area contributed by atoms with Crippen LogP contribution in [0.15, 0.2) is 89.8 Å². The van der Waals surface area contributed by atoms with Crippen LogP contribution < -0.4 is 9.64 Å². The summed E-state index contributed by atoms with van der Waals surface area (Å²) in [5.74, 6) is 1.16. The van der Waals surface area contributed by atoms with Crippen LogP contribution in [0.5, 0.6) is 5.75 Å². The van der Waals surface area contributed by atoms with Gasteiger partial charge >= 0.3 is 6.09 Å². The van der Waals surface area contributed by atoms with E-state index in [1.54, 1.807) is 43.5 Å². The molecule has 1 aliphatic rings. The van der Waals surface area contributed by atoms with E-state index in [0.717, 1.165) is 15.2 Å². The van der Waals surface area contributed by atoms with E-state index in [0.29, 0.717) is 76.1 Å². The Labute approximate surface area is 277 Å². The molecule has 1 saturated heterocycles. The SMILES string of the molecule is COc1ccc(CN(c2nn(S(=O)(=O)c3ccc(C)cc3)c3cc(Cl)c(-c4ccccc4Cl)cc23)C2CCN(C(=O)O)CC2)cc1. The lowest BCUT2D eigenvalue weighted by Gasteiger charge is -2.38. The van der Waals surface area contributed by atoms with Gasteiger partial charge in [-0.2, -0.15) is 12.5 Å². The van der Waals surface area contributed by atoms with E-state index in [4.69, 9.17) is 33.0 Å². The van der Waals surface area contributed by atoms with E-state index >= 15 is 0 Å². The summed E-state index contributed by atoms with van der Waals surface area (Å²) in [5, 5.41) is 15.8. The van der Waals surface area contributed by atoms with Crippen molar-refractivity contribution in [1.82, 2.24) is 14.1 Å². The molecule has 0 radical (unpaired) electrons. The summed E-state index contributed by atoms with van der Waals surface area (Å²) in [5.41, 5.74) is 3.53. The second-order valence-electron chi connectivity index (χ2n) is 11.3. The molecule has 0 spiro atoms. The molecule has 1 fully saturated rings. The smallest absolute Gasteiger partial charge is 0.407 e. The average Bonchev–Trinajstić information content (AvgIpc) is 3.43. The number of likely N-dealkylation sites (tertiary alicyclic amines) is 1. The van der Waals surface area contributed by atoms with Gasteiger partial charge in [0.05, 0.1) is 22.5 Å². The van der Waals surface area contributed by atoms with Crippen LogP contribution in [0.3, 0.4) is 0 Å². The molecule has 6 rings (SSSR count). The number of methoxy groups -OCH3 is 1. The summed E-state index contributed by atoms with van der Waals surface area (Å²) < 4.78 is 34.7. The molecule has 1 amide bonds. The lowest BCUT2D eigenvalue weighted by molar-refractivity contribution is 0.131. The summed E-state index contributed by atoms with van der Waals surface area (Å²) >= 11 is 13.5. The number of halogens is 2. The number of nitrogens with zero attached hydrogens (tertiary/aromatic N) is 4. The van der Waals surface area contributed by atoms with Crippen molar-refractivity contribution in [2.45, 2.75) is 37.2 Å². The van der Waals surface area contributed by atoms with Crippen molar-refractivity contribution in [2.75, 3.05) is 25.1 Å². The van der Waals surface area contributed by atoms with Gasteiger partial charge in [-0.25, -0.2) is 4.79 Å². The van der Waals surface area contributed by atoms with Gasteiger partial charge < -0.3 is 19.6 Å². The van der Waals surface area contributed by atoms with Crippen molar-refractivity contribution in [3.05, 3.63) is 106 Å². The predicted molar refractivity (Wildman–Crippen MR) is 181 cm³/mol.